The lowest BCUT2D eigenvalue weighted by atomic mass is 9.89. The second kappa shape index (κ2) is 6.78. The number of fused-ring (bicyclic) bond motifs is 1. The molecule has 0 spiro atoms. The Morgan fingerprint density at radius 2 is 2.16 bits per heavy atom. The highest BCUT2D eigenvalue weighted by molar-refractivity contribution is 5.98. The number of ether oxygens (including phenoxy) is 3. The lowest BCUT2D eigenvalue weighted by Gasteiger charge is -2.19. The molecule has 0 aromatic heterocycles. The van der Waals surface area contributed by atoms with Gasteiger partial charge in [-0.25, -0.2) is 4.79 Å². The molecule has 6 heteroatoms. The van der Waals surface area contributed by atoms with Crippen molar-refractivity contribution in [3.63, 3.8) is 0 Å². The van der Waals surface area contributed by atoms with Gasteiger partial charge < -0.3 is 19.3 Å². The number of benzene rings is 1. The number of hydrogen-bond donors (Lipinski definition) is 1. The van der Waals surface area contributed by atoms with Crippen molar-refractivity contribution in [2.75, 3.05) is 14.2 Å². The first kappa shape index (κ1) is 17.3. The lowest BCUT2D eigenvalue weighted by Crippen LogP contribution is -2.05. The van der Waals surface area contributed by atoms with E-state index >= 15 is 0 Å². The minimum absolute atomic E-state index is 0.0459. The summed E-state index contributed by atoms with van der Waals surface area (Å²) in [5.74, 6) is -0.228. The number of methoxy groups -OCH3 is 2. The molecule has 0 radical (unpaired) electrons. The minimum atomic E-state index is -0.493. The molecule has 1 atom stereocenters. The van der Waals surface area contributed by atoms with Gasteiger partial charge in [-0.3, -0.25) is 4.79 Å². The summed E-state index contributed by atoms with van der Waals surface area (Å²) in [4.78, 5) is 23.3. The van der Waals surface area contributed by atoms with E-state index in [0.29, 0.717) is 29.7 Å². The Kier molecular flexibility index (Phi) is 4.70. The predicted molar refractivity (Wildman–Crippen MR) is 89.8 cm³/mol. The fourth-order valence-electron chi connectivity index (χ4n) is 3.72. The average Bonchev–Trinajstić information content (AvgIpc) is 3.22. The van der Waals surface area contributed by atoms with Gasteiger partial charge in [0.1, 0.15) is 23.7 Å². The summed E-state index contributed by atoms with van der Waals surface area (Å²) in [6, 6.07) is 0. The molecule has 2 aliphatic rings. The van der Waals surface area contributed by atoms with Gasteiger partial charge >= 0.3 is 11.9 Å². The normalized spacial score (nSPS) is 18.6. The molecular formula is C19H22O6. The van der Waals surface area contributed by atoms with Crippen LogP contribution in [0.2, 0.25) is 0 Å². The number of aromatic hydroxyl groups is 1. The Bertz CT molecular complexity index is 762. The van der Waals surface area contributed by atoms with E-state index in [1.165, 1.54) is 7.11 Å². The van der Waals surface area contributed by atoms with E-state index in [-0.39, 0.29) is 29.8 Å². The van der Waals surface area contributed by atoms with Crippen LogP contribution in [0.1, 0.15) is 58.6 Å². The Balaban J connectivity index is 1.96. The van der Waals surface area contributed by atoms with Crippen molar-refractivity contribution >= 4 is 11.9 Å². The first-order valence-electron chi connectivity index (χ1n) is 8.33. The van der Waals surface area contributed by atoms with Crippen LogP contribution in [0, 0.1) is 6.92 Å². The summed E-state index contributed by atoms with van der Waals surface area (Å²) in [7, 11) is 2.94. The molecule has 1 aromatic carbocycles. The number of hydrogen-bond acceptors (Lipinski definition) is 6. The third-order valence-corrected chi connectivity index (χ3v) is 5.05. The number of rotatable bonds is 5. The fourth-order valence-corrected chi connectivity index (χ4v) is 3.72. The van der Waals surface area contributed by atoms with E-state index in [9.17, 15) is 14.7 Å². The Morgan fingerprint density at radius 1 is 1.40 bits per heavy atom. The lowest BCUT2D eigenvalue weighted by molar-refractivity contribution is -0.140. The molecule has 25 heavy (non-hydrogen) atoms. The molecule has 1 unspecified atom stereocenters. The molecule has 0 saturated carbocycles. The van der Waals surface area contributed by atoms with Gasteiger partial charge in [-0.2, -0.15) is 0 Å². The van der Waals surface area contributed by atoms with E-state index in [1.807, 2.05) is 6.92 Å². The first-order valence-corrected chi connectivity index (χ1v) is 8.33. The molecule has 0 fully saturated rings. The van der Waals surface area contributed by atoms with Crippen LogP contribution in [0.5, 0.6) is 11.5 Å². The quantitative estimate of drug-likeness (QED) is 0.651. The van der Waals surface area contributed by atoms with Gasteiger partial charge in [-0.15, -0.1) is 0 Å². The zero-order valence-corrected chi connectivity index (χ0v) is 14.7. The standard InChI is InChI=1S/C19H22O6/c1-10-13-9-25-19(22)16(13)17(21)15(18(10)24-3)12-6-4-11(8-12)5-7-14(20)23-2/h8,12,21H,4-7,9H2,1-3H3. The van der Waals surface area contributed by atoms with Gasteiger partial charge in [0.05, 0.1) is 14.2 Å². The van der Waals surface area contributed by atoms with Gasteiger partial charge in [-0.05, 0) is 31.7 Å². The molecule has 0 saturated heterocycles. The molecule has 134 valence electrons. The first-order chi connectivity index (χ1) is 12.0. The smallest absolute Gasteiger partial charge is 0.342 e. The number of phenolic OH excluding ortho intramolecular Hbond substituents is 1. The zero-order valence-electron chi connectivity index (χ0n) is 14.7. The predicted octanol–water partition coefficient (Wildman–Crippen LogP) is 3.14. The molecule has 1 aliphatic carbocycles. The van der Waals surface area contributed by atoms with Crippen molar-refractivity contribution in [2.24, 2.45) is 0 Å². The summed E-state index contributed by atoms with van der Waals surface area (Å²) in [6.07, 6.45) is 4.68. The highest BCUT2D eigenvalue weighted by Gasteiger charge is 2.35. The SMILES string of the molecule is COC(=O)CCC1=CC(c2c(O)c3c(c(C)c2OC)COC3=O)CC1. The third kappa shape index (κ3) is 2.97. The largest absolute Gasteiger partial charge is 0.507 e. The maximum atomic E-state index is 12.0. The fraction of sp³-hybridized carbons (Fsp3) is 0.474. The van der Waals surface area contributed by atoms with Gasteiger partial charge in [0.2, 0.25) is 0 Å². The molecule has 0 amide bonds. The van der Waals surface area contributed by atoms with Crippen molar-refractivity contribution in [1.82, 2.24) is 0 Å². The van der Waals surface area contributed by atoms with E-state index in [1.54, 1.807) is 7.11 Å². The van der Waals surface area contributed by atoms with Gasteiger partial charge in [0.25, 0.3) is 0 Å². The molecule has 0 bridgehead atoms. The van der Waals surface area contributed by atoms with E-state index in [0.717, 1.165) is 24.0 Å². The Morgan fingerprint density at radius 3 is 2.84 bits per heavy atom. The monoisotopic (exact) mass is 346 g/mol. The van der Waals surface area contributed by atoms with Gasteiger partial charge in [-0.1, -0.05) is 11.6 Å². The van der Waals surface area contributed by atoms with Crippen LogP contribution < -0.4 is 4.74 Å². The summed E-state index contributed by atoms with van der Waals surface area (Å²) < 4.78 is 15.3. The number of carbonyl (C=O) groups excluding carboxylic acids is 2. The summed E-state index contributed by atoms with van der Waals surface area (Å²) in [6.45, 7) is 2.04. The average molecular weight is 346 g/mol. The Hall–Kier alpha value is -2.50. The topological polar surface area (TPSA) is 82.1 Å². The molecule has 1 heterocycles. The summed E-state index contributed by atoms with van der Waals surface area (Å²) >= 11 is 0. The molecule has 6 nitrogen and oxygen atoms in total. The minimum Gasteiger partial charge on any atom is -0.507 e. The second-order valence-electron chi connectivity index (χ2n) is 6.40. The number of phenols is 1. The van der Waals surface area contributed by atoms with Crippen LogP contribution in [0.4, 0.5) is 0 Å². The molecule has 3 rings (SSSR count). The highest BCUT2D eigenvalue weighted by atomic mass is 16.5. The molecule has 1 aliphatic heterocycles. The number of carbonyl (C=O) groups is 2. The summed E-state index contributed by atoms with van der Waals surface area (Å²) in [5.41, 5.74) is 3.55. The van der Waals surface area contributed by atoms with Crippen LogP contribution in [0.15, 0.2) is 11.6 Å². The van der Waals surface area contributed by atoms with Crippen molar-refractivity contribution in [3.8, 4) is 11.5 Å². The zero-order chi connectivity index (χ0) is 18.1. The van der Waals surface area contributed by atoms with Crippen LogP contribution in [0.3, 0.4) is 0 Å². The second-order valence-corrected chi connectivity index (χ2v) is 6.40. The summed E-state index contributed by atoms with van der Waals surface area (Å²) in [5, 5.41) is 10.7. The van der Waals surface area contributed by atoms with Crippen molar-refractivity contribution in [1.29, 1.82) is 0 Å². The van der Waals surface area contributed by atoms with Crippen molar-refractivity contribution in [2.45, 2.75) is 45.1 Å². The van der Waals surface area contributed by atoms with E-state index in [2.05, 4.69) is 10.8 Å². The van der Waals surface area contributed by atoms with Crippen LogP contribution in [-0.2, 0) is 20.9 Å². The maximum absolute atomic E-state index is 12.0. The van der Waals surface area contributed by atoms with Crippen LogP contribution >= 0.6 is 0 Å². The molecular weight excluding hydrogens is 324 g/mol. The molecule has 1 aromatic rings. The van der Waals surface area contributed by atoms with Crippen LogP contribution in [0.25, 0.3) is 0 Å². The van der Waals surface area contributed by atoms with Gasteiger partial charge in [0.15, 0.2) is 0 Å². The van der Waals surface area contributed by atoms with Crippen molar-refractivity contribution in [3.05, 3.63) is 33.9 Å². The number of allylic oxidation sites excluding steroid dienone is 2. The number of cyclic esters (lactones) is 1. The highest BCUT2D eigenvalue weighted by Crippen LogP contribution is 2.48. The van der Waals surface area contributed by atoms with Gasteiger partial charge in [0, 0.05) is 23.5 Å². The number of esters is 2. The van der Waals surface area contributed by atoms with E-state index in [4.69, 9.17) is 9.47 Å². The van der Waals surface area contributed by atoms with Crippen LogP contribution in [-0.4, -0.2) is 31.3 Å². The maximum Gasteiger partial charge on any atom is 0.342 e. The van der Waals surface area contributed by atoms with E-state index < -0.39 is 5.97 Å². The van der Waals surface area contributed by atoms with Crippen molar-refractivity contribution < 1.29 is 28.9 Å². The Labute approximate surface area is 146 Å². The third-order valence-electron chi connectivity index (χ3n) is 5.05. The molecule has 1 N–H and O–H groups in total.